The van der Waals surface area contributed by atoms with E-state index in [1.54, 1.807) is 7.11 Å². The van der Waals surface area contributed by atoms with E-state index in [0.717, 1.165) is 16.9 Å². The van der Waals surface area contributed by atoms with Crippen molar-refractivity contribution in [3.8, 4) is 5.75 Å². The summed E-state index contributed by atoms with van der Waals surface area (Å²) in [5, 5.41) is 10.0. The summed E-state index contributed by atoms with van der Waals surface area (Å²) in [5.41, 5.74) is 7.66. The molecule has 1 aromatic carbocycles. The van der Waals surface area contributed by atoms with Crippen LogP contribution in [0.1, 0.15) is 17.2 Å². The highest BCUT2D eigenvalue weighted by Crippen LogP contribution is 2.31. The molecule has 1 aromatic rings. The van der Waals surface area contributed by atoms with E-state index < -0.39 is 6.10 Å². The maximum atomic E-state index is 10.0. The topological polar surface area (TPSA) is 58.7 Å². The first-order valence-corrected chi connectivity index (χ1v) is 5.70. The lowest BCUT2D eigenvalue weighted by Crippen LogP contribution is -2.36. The Morgan fingerprint density at radius 1 is 1.41 bits per heavy atom. The molecule has 0 aliphatic carbocycles. The molecule has 1 rings (SSSR count). The summed E-state index contributed by atoms with van der Waals surface area (Å²) in [4.78, 5) is 1.95. The Morgan fingerprint density at radius 2 is 2.06 bits per heavy atom. The lowest BCUT2D eigenvalue weighted by atomic mass is 9.97. The molecule has 96 valence electrons. The van der Waals surface area contributed by atoms with Gasteiger partial charge in [-0.25, -0.2) is 0 Å². The van der Waals surface area contributed by atoms with Gasteiger partial charge in [0.05, 0.1) is 19.3 Å². The van der Waals surface area contributed by atoms with E-state index in [2.05, 4.69) is 0 Å². The van der Waals surface area contributed by atoms with Crippen LogP contribution in [0.5, 0.6) is 5.75 Å². The Bertz CT molecular complexity index is 366. The van der Waals surface area contributed by atoms with Crippen molar-refractivity contribution in [2.45, 2.75) is 19.1 Å². The third-order valence-corrected chi connectivity index (χ3v) is 2.87. The zero-order chi connectivity index (χ0) is 13.0. The Morgan fingerprint density at radius 3 is 2.53 bits per heavy atom. The number of ether oxygens (including phenoxy) is 1. The molecule has 2 unspecified atom stereocenters. The van der Waals surface area contributed by atoms with Crippen LogP contribution >= 0.6 is 0 Å². The molecule has 17 heavy (non-hydrogen) atoms. The van der Waals surface area contributed by atoms with Gasteiger partial charge in [-0.3, -0.25) is 4.90 Å². The molecule has 0 spiro atoms. The fourth-order valence-corrected chi connectivity index (χ4v) is 2.04. The van der Waals surface area contributed by atoms with Crippen molar-refractivity contribution >= 4 is 0 Å². The molecule has 0 aliphatic heterocycles. The Hall–Kier alpha value is -1.10. The largest absolute Gasteiger partial charge is 0.496 e. The second-order valence-corrected chi connectivity index (χ2v) is 4.46. The first-order chi connectivity index (χ1) is 8.01. The third kappa shape index (κ3) is 3.19. The van der Waals surface area contributed by atoms with Crippen LogP contribution in [-0.2, 0) is 0 Å². The third-order valence-electron chi connectivity index (χ3n) is 2.87. The fraction of sp³-hybridized carbons (Fsp3) is 0.538. The maximum Gasteiger partial charge on any atom is 0.123 e. The average molecular weight is 238 g/mol. The van der Waals surface area contributed by atoms with E-state index in [1.165, 1.54) is 0 Å². The summed E-state index contributed by atoms with van der Waals surface area (Å²) in [6.07, 6.45) is -0.610. The molecular weight excluding hydrogens is 216 g/mol. The minimum Gasteiger partial charge on any atom is -0.496 e. The van der Waals surface area contributed by atoms with Gasteiger partial charge in [0.2, 0.25) is 0 Å². The molecular formula is C13H22N2O2. The zero-order valence-electron chi connectivity index (χ0n) is 11.0. The van der Waals surface area contributed by atoms with E-state index >= 15 is 0 Å². The van der Waals surface area contributed by atoms with Crippen LogP contribution in [0.25, 0.3) is 0 Å². The molecule has 0 aromatic heterocycles. The first kappa shape index (κ1) is 14.0. The molecule has 4 nitrogen and oxygen atoms in total. The lowest BCUT2D eigenvalue weighted by molar-refractivity contribution is 0.0807. The van der Waals surface area contributed by atoms with Crippen LogP contribution in [0, 0.1) is 6.92 Å². The van der Waals surface area contributed by atoms with Gasteiger partial charge < -0.3 is 15.6 Å². The number of nitrogens with zero attached hydrogens (tertiary/aromatic N) is 1. The molecule has 0 saturated heterocycles. The Balaban J connectivity index is 3.21. The Kier molecular flexibility index (Phi) is 4.93. The molecule has 0 bridgehead atoms. The molecule has 0 fully saturated rings. The molecule has 0 radical (unpaired) electrons. The van der Waals surface area contributed by atoms with Crippen molar-refractivity contribution in [2.24, 2.45) is 5.73 Å². The summed E-state index contributed by atoms with van der Waals surface area (Å²) >= 11 is 0. The zero-order valence-corrected chi connectivity index (χ0v) is 11.0. The van der Waals surface area contributed by atoms with Crippen LogP contribution in [0.2, 0.25) is 0 Å². The number of hydrogen-bond donors (Lipinski definition) is 2. The number of rotatable bonds is 5. The van der Waals surface area contributed by atoms with Gasteiger partial charge in [0.15, 0.2) is 0 Å². The lowest BCUT2D eigenvalue weighted by Gasteiger charge is -2.30. The number of nitrogens with two attached hydrogens (primary N) is 1. The van der Waals surface area contributed by atoms with Crippen LogP contribution in [0.4, 0.5) is 0 Å². The summed E-state index contributed by atoms with van der Waals surface area (Å²) in [6.45, 7) is 2.24. The van der Waals surface area contributed by atoms with E-state index in [4.69, 9.17) is 10.5 Å². The highest BCUT2D eigenvalue weighted by molar-refractivity contribution is 5.39. The number of aliphatic hydroxyl groups is 1. The first-order valence-electron chi connectivity index (χ1n) is 5.70. The van der Waals surface area contributed by atoms with Crippen molar-refractivity contribution in [3.05, 3.63) is 29.3 Å². The Labute approximate surface area is 103 Å². The van der Waals surface area contributed by atoms with Crippen molar-refractivity contribution in [3.63, 3.8) is 0 Å². The number of hydrogen-bond acceptors (Lipinski definition) is 4. The highest BCUT2D eigenvalue weighted by Gasteiger charge is 2.25. The van der Waals surface area contributed by atoms with Crippen molar-refractivity contribution < 1.29 is 9.84 Å². The van der Waals surface area contributed by atoms with Gasteiger partial charge in [0, 0.05) is 12.1 Å². The molecule has 2 atom stereocenters. The SMILES string of the molecule is COc1ccc(C)cc1C(C(O)CN)N(C)C. The van der Waals surface area contributed by atoms with Gasteiger partial charge in [-0.05, 0) is 27.1 Å². The average Bonchev–Trinajstić information content (AvgIpc) is 2.29. The molecule has 0 saturated carbocycles. The van der Waals surface area contributed by atoms with Crippen molar-refractivity contribution in [1.82, 2.24) is 4.90 Å². The summed E-state index contributed by atoms with van der Waals surface area (Å²) < 4.78 is 5.35. The molecule has 3 N–H and O–H groups in total. The molecule has 4 heteroatoms. The number of aliphatic hydroxyl groups excluding tert-OH is 1. The summed E-state index contributed by atoms with van der Waals surface area (Å²) in [7, 11) is 5.48. The maximum absolute atomic E-state index is 10.0. The normalized spacial score (nSPS) is 14.8. The summed E-state index contributed by atoms with van der Waals surface area (Å²) in [5.74, 6) is 0.779. The van der Waals surface area contributed by atoms with Gasteiger partial charge in [-0.15, -0.1) is 0 Å². The number of benzene rings is 1. The molecule has 0 amide bonds. The van der Waals surface area contributed by atoms with Crippen LogP contribution < -0.4 is 10.5 Å². The number of methoxy groups -OCH3 is 1. The smallest absolute Gasteiger partial charge is 0.123 e. The molecule has 0 aliphatic rings. The number of likely N-dealkylation sites (N-methyl/N-ethyl adjacent to an activating group) is 1. The predicted molar refractivity (Wildman–Crippen MR) is 69.2 cm³/mol. The van der Waals surface area contributed by atoms with Crippen LogP contribution in [0.15, 0.2) is 18.2 Å². The molecule has 0 heterocycles. The van der Waals surface area contributed by atoms with Crippen LogP contribution in [0.3, 0.4) is 0 Å². The second kappa shape index (κ2) is 6.00. The second-order valence-electron chi connectivity index (χ2n) is 4.46. The quantitative estimate of drug-likeness (QED) is 0.801. The van der Waals surface area contributed by atoms with Crippen molar-refractivity contribution in [1.29, 1.82) is 0 Å². The minimum atomic E-state index is -0.610. The predicted octanol–water partition coefficient (Wildman–Crippen LogP) is 0.926. The van der Waals surface area contributed by atoms with E-state index in [-0.39, 0.29) is 12.6 Å². The van der Waals surface area contributed by atoms with Gasteiger partial charge >= 0.3 is 0 Å². The van der Waals surface area contributed by atoms with Crippen molar-refractivity contribution in [2.75, 3.05) is 27.7 Å². The van der Waals surface area contributed by atoms with E-state index in [9.17, 15) is 5.11 Å². The van der Waals surface area contributed by atoms with Gasteiger partial charge in [-0.1, -0.05) is 17.7 Å². The van der Waals surface area contributed by atoms with E-state index in [1.807, 2.05) is 44.1 Å². The fourth-order valence-electron chi connectivity index (χ4n) is 2.04. The van der Waals surface area contributed by atoms with Gasteiger partial charge in [0.1, 0.15) is 5.75 Å². The van der Waals surface area contributed by atoms with Crippen LogP contribution in [-0.4, -0.2) is 43.9 Å². The highest BCUT2D eigenvalue weighted by atomic mass is 16.5. The standard InChI is InChI=1S/C13H22N2O2/c1-9-5-6-12(17-4)10(7-9)13(15(2)3)11(16)8-14/h5-7,11,13,16H,8,14H2,1-4H3. The minimum absolute atomic E-state index is 0.158. The number of aryl methyl sites for hydroxylation is 1. The summed E-state index contributed by atoms with van der Waals surface area (Å²) in [6, 6.07) is 5.78. The van der Waals surface area contributed by atoms with Gasteiger partial charge in [0.25, 0.3) is 0 Å². The van der Waals surface area contributed by atoms with E-state index in [0.29, 0.717) is 0 Å². The van der Waals surface area contributed by atoms with Gasteiger partial charge in [-0.2, -0.15) is 0 Å². The monoisotopic (exact) mass is 238 g/mol.